The van der Waals surface area contributed by atoms with E-state index in [1.807, 2.05) is 16.8 Å². The van der Waals surface area contributed by atoms with Crippen LogP contribution >= 0.6 is 11.3 Å². The highest BCUT2D eigenvalue weighted by molar-refractivity contribution is 7.20. The van der Waals surface area contributed by atoms with Gasteiger partial charge in [0.15, 0.2) is 0 Å². The van der Waals surface area contributed by atoms with Gasteiger partial charge in [-0.1, -0.05) is 49.4 Å². The fourth-order valence-corrected chi connectivity index (χ4v) is 6.30. The molecule has 2 fully saturated rings. The average molecular weight is 531 g/mol. The molecule has 2 saturated heterocycles. The lowest BCUT2D eigenvalue weighted by molar-refractivity contribution is -0.135. The Morgan fingerprint density at radius 1 is 0.947 bits per heavy atom. The van der Waals surface area contributed by atoms with Gasteiger partial charge in [-0.05, 0) is 36.8 Å². The van der Waals surface area contributed by atoms with Gasteiger partial charge in [0, 0.05) is 63.1 Å². The van der Waals surface area contributed by atoms with Gasteiger partial charge in [0.2, 0.25) is 21.9 Å². The molecule has 1 amide bonds. The maximum atomic E-state index is 13.4. The van der Waals surface area contributed by atoms with Crippen molar-refractivity contribution in [2.75, 3.05) is 49.1 Å². The van der Waals surface area contributed by atoms with Crippen LogP contribution in [0.5, 0.6) is 0 Å². The summed E-state index contributed by atoms with van der Waals surface area (Å²) in [4.78, 5) is 34.4. The van der Waals surface area contributed by atoms with Crippen LogP contribution in [0.2, 0.25) is 0 Å². The van der Waals surface area contributed by atoms with E-state index in [0.29, 0.717) is 11.8 Å². The Morgan fingerprint density at radius 3 is 2.42 bits per heavy atom. The number of hydrogen-bond acceptors (Lipinski definition) is 8. The zero-order valence-electron chi connectivity index (χ0n) is 22.0. The summed E-state index contributed by atoms with van der Waals surface area (Å²) >= 11 is 1.62. The van der Waals surface area contributed by atoms with Crippen LogP contribution in [0, 0.1) is 5.92 Å². The first kappa shape index (κ1) is 24.8. The lowest BCUT2D eigenvalue weighted by atomic mass is 9.95. The minimum atomic E-state index is 0.0789. The summed E-state index contributed by atoms with van der Waals surface area (Å²) in [7, 11) is 0. The minimum Gasteiger partial charge on any atom is -0.347 e. The molecule has 5 heterocycles. The highest BCUT2D eigenvalue weighted by Crippen LogP contribution is 2.31. The average Bonchev–Trinajstić information content (AvgIpc) is 3.44. The largest absolute Gasteiger partial charge is 0.347 e. The van der Waals surface area contributed by atoms with E-state index in [9.17, 15) is 4.79 Å². The first-order chi connectivity index (χ1) is 18.5. The Labute approximate surface area is 227 Å². The van der Waals surface area contributed by atoms with E-state index in [1.165, 1.54) is 5.56 Å². The Morgan fingerprint density at radius 2 is 1.71 bits per heavy atom. The van der Waals surface area contributed by atoms with E-state index < -0.39 is 0 Å². The van der Waals surface area contributed by atoms with E-state index in [2.05, 4.69) is 62.8 Å². The number of aromatic nitrogens is 5. The van der Waals surface area contributed by atoms with Crippen molar-refractivity contribution in [3.8, 4) is 11.3 Å². The molecule has 2 aliphatic rings. The lowest BCUT2D eigenvalue weighted by Gasteiger charge is -2.33. The smallest absolute Gasteiger partial charge is 0.225 e. The third-order valence-corrected chi connectivity index (χ3v) is 8.65. The van der Waals surface area contributed by atoms with Crippen molar-refractivity contribution in [1.82, 2.24) is 29.5 Å². The summed E-state index contributed by atoms with van der Waals surface area (Å²) in [5, 5.41) is 5.80. The van der Waals surface area contributed by atoms with Crippen LogP contribution in [0.4, 0.5) is 11.1 Å². The molecule has 0 unspecified atom stereocenters. The van der Waals surface area contributed by atoms with Gasteiger partial charge in [0.25, 0.3) is 0 Å². The first-order valence-electron chi connectivity index (χ1n) is 13.6. The number of nitrogens with zero attached hydrogens (tertiary/aromatic N) is 8. The maximum Gasteiger partial charge on any atom is 0.225 e. The molecule has 38 heavy (non-hydrogen) atoms. The quantitative estimate of drug-likeness (QED) is 0.380. The second-order valence-corrected chi connectivity index (χ2v) is 11.4. The minimum absolute atomic E-state index is 0.0789. The van der Waals surface area contributed by atoms with Crippen LogP contribution in [0.15, 0.2) is 48.9 Å². The molecule has 3 aromatic heterocycles. The summed E-state index contributed by atoms with van der Waals surface area (Å²) in [6, 6.07) is 10.5. The SMILES string of the molecule is CC(C)c1ccc(-c2cn3nc(N4CCC(C(=O)N5CCCN(c6ncccn6)CC5)CC4)sc3n2)cc1. The van der Waals surface area contributed by atoms with E-state index in [4.69, 9.17) is 10.1 Å². The number of amides is 1. The van der Waals surface area contributed by atoms with Crippen LogP contribution in [-0.4, -0.2) is 74.6 Å². The molecule has 0 bridgehead atoms. The highest BCUT2D eigenvalue weighted by Gasteiger charge is 2.31. The topological polar surface area (TPSA) is 82.8 Å². The zero-order chi connectivity index (χ0) is 26.1. The third kappa shape index (κ3) is 5.09. The Bertz CT molecular complexity index is 1340. The summed E-state index contributed by atoms with van der Waals surface area (Å²) < 4.78 is 1.89. The third-order valence-electron chi connectivity index (χ3n) is 7.66. The Hall–Kier alpha value is -3.53. The molecular weight excluding hydrogens is 496 g/mol. The summed E-state index contributed by atoms with van der Waals surface area (Å²) in [6.07, 6.45) is 8.21. The summed E-state index contributed by atoms with van der Waals surface area (Å²) in [5.41, 5.74) is 3.39. The number of hydrogen-bond donors (Lipinski definition) is 0. The van der Waals surface area contributed by atoms with Crippen LogP contribution in [0.3, 0.4) is 0 Å². The van der Waals surface area contributed by atoms with E-state index >= 15 is 0 Å². The molecule has 2 aliphatic heterocycles. The molecule has 0 saturated carbocycles. The van der Waals surface area contributed by atoms with Gasteiger partial charge >= 0.3 is 0 Å². The fourth-order valence-electron chi connectivity index (χ4n) is 5.36. The van der Waals surface area contributed by atoms with E-state index in [0.717, 1.165) is 85.8 Å². The predicted octanol–water partition coefficient (Wildman–Crippen LogP) is 4.33. The number of fused-ring (bicyclic) bond motifs is 1. The van der Waals surface area contributed by atoms with E-state index in [1.54, 1.807) is 23.7 Å². The molecule has 0 atom stereocenters. The normalized spacial score (nSPS) is 17.4. The number of imidazole rings is 1. The Kier molecular flexibility index (Phi) is 6.97. The van der Waals surface area contributed by atoms with Gasteiger partial charge in [-0.3, -0.25) is 4.79 Å². The molecule has 9 nitrogen and oxygen atoms in total. The monoisotopic (exact) mass is 530 g/mol. The van der Waals surface area contributed by atoms with Crippen molar-refractivity contribution in [3.05, 3.63) is 54.5 Å². The molecule has 10 heteroatoms. The lowest BCUT2D eigenvalue weighted by Crippen LogP contribution is -2.44. The Balaban J connectivity index is 1.05. The van der Waals surface area contributed by atoms with Crippen molar-refractivity contribution in [2.24, 2.45) is 5.92 Å². The van der Waals surface area contributed by atoms with Crippen LogP contribution in [-0.2, 0) is 4.79 Å². The van der Waals surface area contributed by atoms with Gasteiger partial charge in [-0.25, -0.2) is 19.5 Å². The van der Waals surface area contributed by atoms with Crippen LogP contribution in [0.25, 0.3) is 16.2 Å². The van der Waals surface area contributed by atoms with Gasteiger partial charge < -0.3 is 14.7 Å². The fraction of sp³-hybridized carbons (Fsp3) is 0.464. The second-order valence-electron chi connectivity index (χ2n) is 10.5. The van der Waals surface area contributed by atoms with E-state index in [-0.39, 0.29) is 5.92 Å². The number of rotatable bonds is 5. The predicted molar refractivity (Wildman–Crippen MR) is 151 cm³/mol. The molecule has 0 N–H and O–H groups in total. The molecule has 0 radical (unpaired) electrons. The maximum absolute atomic E-state index is 13.4. The summed E-state index contributed by atoms with van der Waals surface area (Å²) in [5.74, 6) is 1.64. The van der Waals surface area contributed by atoms with Gasteiger partial charge in [0.1, 0.15) is 0 Å². The van der Waals surface area contributed by atoms with Crippen molar-refractivity contribution >= 4 is 33.3 Å². The number of carbonyl (C=O) groups is 1. The first-order valence-corrected chi connectivity index (χ1v) is 14.4. The number of carbonyl (C=O) groups excluding carboxylic acids is 1. The zero-order valence-corrected chi connectivity index (χ0v) is 22.8. The molecule has 6 rings (SSSR count). The van der Waals surface area contributed by atoms with Crippen molar-refractivity contribution in [2.45, 2.75) is 39.0 Å². The molecule has 0 aliphatic carbocycles. The van der Waals surface area contributed by atoms with Crippen molar-refractivity contribution < 1.29 is 4.79 Å². The summed E-state index contributed by atoms with van der Waals surface area (Å²) in [6.45, 7) is 9.27. The van der Waals surface area contributed by atoms with Crippen molar-refractivity contribution in [3.63, 3.8) is 0 Å². The van der Waals surface area contributed by atoms with Crippen molar-refractivity contribution in [1.29, 1.82) is 0 Å². The molecule has 1 aromatic carbocycles. The standard InChI is InChI=1S/C28H34N8OS/c1-20(2)21-5-7-22(8-6-21)24-19-36-27(31-24)38-28(32-36)35-15-9-23(10-16-35)25(37)33-13-4-14-34(18-17-33)26-29-11-3-12-30-26/h3,5-8,11-12,19-20,23H,4,9-10,13-18H2,1-2H3. The van der Waals surface area contributed by atoms with Gasteiger partial charge in [-0.2, -0.15) is 0 Å². The highest BCUT2D eigenvalue weighted by atomic mass is 32.1. The van der Waals surface area contributed by atoms with Crippen LogP contribution < -0.4 is 9.80 Å². The van der Waals surface area contributed by atoms with Gasteiger partial charge in [0.05, 0.1) is 11.9 Å². The molecule has 4 aromatic rings. The number of anilines is 2. The van der Waals surface area contributed by atoms with Crippen LogP contribution in [0.1, 0.15) is 44.6 Å². The second kappa shape index (κ2) is 10.7. The number of benzene rings is 1. The van der Waals surface area contributed by atoms with Gasteiger partial charge in [-0.15, -0.1) is 5.10 Å². The molecular formula is C28H34N8OS. The molecule has 198 valence electrons. The molecule has 0 spiro atoms. The number of piperidine rings is 1.